The number of carbonyl (C=O) groups excluding carboxylic acids is 1. The molecule has 0 N–H and O–H groups in total. The summed E-state index contributed by atoms with van der Waals surface area (Å²) in [7, 11) is 0. The Bertz CT molecular complexity index is 112. The molecule has 1 unspecified atom stereocenters. The van der Waals surface area contributed by atoms with Crippen molar-refractivity contribution in [2.75, 3.05) is 6.61 Å². The third kappa shape index (κ3) is 5.70. The second kappa shape index (κ2) is 6.01. The van der Waals surface area contributed by atoms with E-state index in [2.05, 4.69) is 0 Å². The number of ether oxygens (including phenoxy) is 2. The fourth-order valence-corrected chi connectivity index (χ4v) is 0.467. The van der Waals surface area contributed by atoms with Crippen LogP contribution in [0.1, 0.15) is 33.6 Å². The summed E-state index contributed by atoms with van der Waals surface area (Å²) in [4.78, 5) is 10.7. The molecule has 0 heterocycles. The van der Waals surface area contributed by atoms with Crippen LogP contribution >= 0.6 is 0 Å². The van der Waals surface area contributed by atoms with E-state index in [-0.39, 0.29) is 6.10 Å². The molecular weight excluding hydrogens is 144 g/mol. The molecule has 1 atom stereocenters. The standard InChI is InChI=1S/C8H16O3/c1-4-6-10-8(9)11-7(3)5-2/h7H,4-6H2,1-3H3. The van der Waals surface area contributed by atoms with Gasteiger partial charge in [0.2, 0.25) is 0 Å². The van der Waals surface area contributed by atoms with Crippen molar-refractivity contribution in [1.82, 2.24) is 0 Å². The first-order valence-corrected chi connectivity index (χ1v) is 4.04. The lowest BCUT2D eigenvalue weighted by molar-refractivity contribution is 0.0282. The van der Waals surface area contributed by atoms with Crippen molar-refractivity contribution in [2.24, 2.45) is 0 Å². The molecule has 0 fully saturated rings. The molecule has 0 aromatic heterocycles. The van der Waals surface area contributed by atoms with Gasteiger partial charge in [-0.15, -0.1) is 0 Å². The SMILES string of the molecule is CCCOC(=O)OC(C)CC. The van der Waals surface area contributed by atoms with E-state index in [1.807, 2.05) is 20.8 Å². The lowest BCUT2D eigenvalue weighted by Gasteiger charge is -2.09. The summed E-state index contributed by atoms with van der Waals surface area (Å²) in [6, 6.07) is 0. The summed E-state index contributed by atoms with van der Waals surface area (Å²) in [5.41, 5.74) is 0. The lowest BCUT2D eigenvalue weighted by atomic mass is 10.3. The van der Waals surface area contributed by atoms with Crippen molar-refractivity contribution in [3.8, 4) is 0 Å². The average Bonchev–Trinajstić information content (AvgIpc) is 2.00. The van der Waals surface area contributed by atoms with Gasteiger partial charge in [-0.1, -0.05) is 13.8 Å². The van der Waals surface area contributed by atoms with E-state index in [1.165, 1.54) is 0 Å². The Morgan fingerprint density at radius 3 is 2.55 bits per heavy atom. The number of carbonyl (C=O) groups is 1. The average molecular weight is 160 g/mol. The summed E-state index contributed by atoms with van der Waals surface area (Å²) in [5.74, 6) is 0. The Hall–Kier alpha value is -0.730. The topological polar surface area (TPSA) is 35.5 Å². The van der Waals surface area contributed by atoms with Crippen LogP contribution < -0.4 is 0 Å². The maximum atomic E-state index is 10.7. The quantitative estimate of drug-likeness (QED) is 0.592. The van der Waals surface area contributed by atoms with Crippen molar-refractivity contribution in [2.45, 2.75) is 39.7 Å². The fraction of sp³-hybridized carbons (Fsp3) is 0.875. The first-order valence-electron chi connectivity index (χ1n) is 4.04. The van der Waals surface area contributed by atoms with Gasteiger partial charge in [0.05, 0.1) is 6.61 Å². The molecule has 0 aliphatic heterocycles. The zero-order valence-corrected chi connectivity index (χ0v) is 7.42. The molecule has 66 valence electrons. The van der Waals surface area contributed by atoms with Crippen LogP contribution in [0.15, 0.2) is 0 Å². The Kier molecular flexibility index (Phi) is 5.61. The molecule has 0 bridgehead atoms. The van der Waals surface area contributed by atoms with Crippen molar-refractivity contribution in [3.05, 3.63) is 0 Å². The Labute approximate surface area is 67.7 Å². The molecule has 0 saturated carbocycles. The highest BCUT2D eigenvalue weighted by Gasteiger charge is 2.06. The highest BCUT2D eigenvalue weighted by molar-refractivity contribution is 5.59. The van der Waals surface area contributed by atoms with Gasteiger partial charge in [0.1, 0.15) is 6.10 Å². The molecule has 3 heteroatoms. The van der Waals surface area contributed by atoms with Crippen molar-refractivity contribution in [3.63, 3.8) is 0 Å². The number of rotatable bonds is 4. The highest BCUT2D eigenvalue weighted by atomic mass is 16.7. The zero-order chi connectivity index (χ0) is 8.69. The molecule has 0 aliphatic rings. The summed E-state index contributed by atoms with van der Waals surface area (Å²) < 4.78 is 9.54. The molecule has 0 saturated heterocycles. The highest BCUT2D eigenvalue weighted by Crippen LogP contribution is 1.98. The molecule has 0 radical (unpaired) electrons. The molecule has 0 spiro atoms. The number of hydrogen-bond donors (Lipinski definition) is 0. The predicted octanol–water partition coefficient (Wildman–Crippen LogP) is 2.35. The summed E-state index contributed by atoms with van der Waals surface area (Å²) in [5, 5.41) is 0. The van der Waals surface area contributed by atoms with E-state index in [4.69, 9.17) is 9.47 Å². The molecule has 0 amide bonds. The smallest absolute Gasteiger partial charge is 0.434 e. The molecule has 3 nitrogen and oxygen atoms in total. The van der Waals surface area contributed by atoms with E-state index in [1.54, 1.807) is 0 Å². The lowest BCUT2D eigenvalue weighted by Crippen LogP contribution is -2.15. The van der Waals surface area contributed by atoms with Crippen LogP contribution in [0.4, 0.5) is 4.79 Å². The van der Waals surface area contributed by atoms with E-state index < -0.39 is 6.16 Å². The monoisotopic (exact) mass is 160 g/mol. The van der Waals surface area contributed by atoms with Gasteiger partial charge in [-0.25, -0.2) is 4.79 Å². The van der Waals surface area contributed by atoms with Gasteiger partial charge in [-0.2, -0.15) is 0 Å². The van der Waals surface area contributed by atoms with E-state index >= 15 is 0 Å². The third-order valence-electron chi connectivity index (χ3n) is 1.30. The van der Waals surface area contributed by atoms with E-state index in [0.29, 0.717) is 6.61 Å². The predicted molar refractivity (Wildman–Crippen MR) is 42.5 cm³/mol. The molecule has 0 aliphatic carbocycles. The van der Waals surface area contributed by atoms with Gasteiger partial charge in [0.15, 0.2) is 0 Å². The molecule has 0 aromatic rings. The Balaban J connectivity index is 3.36. The van der Waals surface area contributed by atoms with Gasteiger partial charge < -0.3 is 9.47 Å². The van der Waals surface area contributed by atoms with Crippen molar-refractivity contribution >= 4 is 6.16 Å². The minimum atomic E-state index is -0.554. The van der Waals surface area contributed by atoms with E-state index in [0.717, 1.165) is 12.8 Å². The summed E-state index contributed by atoms with van der Waals surface area (Å²) in [6.07, 6.45) is 1.05. The van der Waals surface area contributed by atoms with Crippen LogP contribution in [0.25, 0.3) is 0 Å². The first-order chi connectivity index (χ1) is 5.20. The van der Waals surface area contributed by atoms with Crippen LogP contribution in [0.2, 0.25) is 0 Å². The van der Waals surface area contributed by atoms with Crippen molar-refractivity contribution < 1.29 is 14.3 Å². The molecule has 11 heavy (non-hydrogen) atoms. The van der Waals surface area contributed by atoms with Gasteiger partial charge >= 0.3 is 6.16 Å². The Morgan fingerprint density at radius 1 is 1.45 bits per heavy atom. The minimum absolute atomic E-state index is 0.0423. The van der Waals surface area contributed by atoms with Gasteiger partial charge in [-0.3, -0.25) is 0 Å². The summed E-state index contributed by atoms with van der Waals surface area (Å²) in [6.45, 7) is 6.18. The minimum Gasteiger partial charge on any atom is -0.434 e. The second-order valence-corrected chi connectivity index (χ2v) is 2.44. The molecular formula is C8H16O3. The van der Waals surface area contributed by atoms with Gasteiger partial charge in [0, 0.05) is 0 Å². The van der Waals surface area contributed by atoms with Gasteiger partial charge in [-0.05, 0) is 19.8 Å². The van der Waals surface area contributed by atoms with Crippen LogP contribution in [0.3, 0.4) is 0 Å². The first kappa shape index (κ1) is 10.3. The van der Waals surface area contributed by atoms with Gasteiger partial charge in [0.25, 0.3) is 0 Å². The fourth-order valence-electron chi connectivity index (χ4n) is 0.467. The molecule has 0 rings (SSSR count). The van der Waals surface area contributed by atoms with Crippen LogP contribution in [-0.4, -0.2) is 18.9 Å². The Morgan fingerprint density at radius 2 is 2.09 bits per heavy atom. The maximum Gasteiger partial charge on any atom is 0.508 e. The summed E-state index contributed by atoms with van der Waals surface area (Å²) >= 11 is 0. The van der Waals surface area contributed by atoms with Crippen molar-refractivity contribution in [1.29, 1.82) is 0 Å². The largest absolute Gasteiger partial charge is 0.508 e. The third-order valence-corrected chi connectivity index (χ3v) is 1.30. The number of hydrogen-bond acceptors (Lipinski definition) is 3. The van der Waals surface area contributed by atoms with Crippen LogP contribution in [-0.2, 0) is 9.47 Å². The zero-order valence-electron chi connectivity index (χ0n) is 7.42. The van der Waals surface area contributed by atoms with E-state index in [9.17, 15) is 4.79 Å². The van der Waals surface area contributed by atoms with Crippen LogP contribution in [0.5, 0.6) is 0 Å². The maximum absolute atomic E-state index is 10.7. The second-order valence-electron chi connectivity index (χ2n) is 2.44. The molecule has 0 aromatic carbocycles. The normalized spacial score (nSPS) is 12.3. The van der Waals surface area contributed by atoms with Crippen LogP contribution in [0, 0.1) is 0 Å².